The van der Waals surface area contributed by atoms with Crippen LogP contribution in [0.5, 0.6) is 0 Å². The SMILES string of the molecule is C[C@H]1CN(Cc2cc(=O)n(C)c(=O)n2C)[C@@H](C)CO1. The fourth-order valence-electron chi connectivity index (χ4n) is 2.33. The topological polar surface area (TPSA) is 56.5 Å². The molecule has 106 valence electrons. The quantitative estimate of drug-likeness (QED) is 0.738. The van der Waals surface area contributed by atoms with E-state index in [9.17, 15) is 9.59 Å². The third kappa shape index (κ3) is 2.79. The third-order valence-corrected chi connectivity index (χ3v) is 3.73. The van der Waals surface area contributed by atoms with E-state index in [4.69, 9.17) is 4.74 Å². The van der Waals surface area contributed by atoms with Crippen LogP contribution in [0.1, 0.15) is 19.5 Å². The molecule has 2 rings (SSSR count). The summed E-state index contributed by atoms with van der Waals surface area (Å²) in [6, 6.07) is 1.82. The molecule has 0 aromatic carbocycles. The largest absolute Gasteiger partial charge is 0.376 e. The van der Waals surface area contributed by atoms with Crippen molar-refractivity contribution in [2.75, 3.05) is 13.2 Å². The Morgan fingerprint density at radius 2 is 1.95 bits per heavy atom. The zero-order chi connectivity index (χ0) is 14.2. The van der Waals surface area contributed by atoms with Crippen molar-refractivity contribution in [3.63, 3.8) is 0 Å². The second kappa shape index (κ2) is 5.30. The molecule has 1 aromatic rings. The molecule has 0 aliphatic carbocycles. The molecule has 2 atom stereocenters. The molecule has 1 aliphatic rings. The maximum Gasteiger partial charge on any atom is 0.330 e. The van der Waals surface area contributed by atoms with E-state index in [1.54, 1.807) is 7.05 Å². The van der Waals surface area contributed by atoms with Gasteiger partial charge in [-0.25, -0.2) is 4.79 Å². The van der Waals surface area contributed by atoms with Gasteiger partial charge in [-0.05, 0) is 13.8 Å². The van der Waals surface area contributed by atoms with Gasteiger partial charge < -0.3 is 4.74 Å². The van der Waals surface area contributed by atoms with Crippen molar-refractivity contribution in [1.29, 1.82) is 0 Å². The number of aromatic nitrogens is 2. The smallest absolute Gasteiger partial charge is 0.330 e. The molecule has 1 saturated heterocycles. The van der Waals surface area contributed by atoms with Crippen molar-refractivity contribution in [3.05, 3.63) is 32.6 Å². The van der Waals surface area contributed by atoms with E-state index < -0.39 is 0 Å². The van der Waals surface area contributed by atoms with Crippen molar-refractivity contribution in [1.82, 2.24) is 14.0 Å². The number of hydrogen-bond acceptors (Lipinski definition) is 4. The van der Waals surface area contributed by atoms with E-state index in [1.807, 2.05) is 6.92 Å². The molecule has 6 nitrogen and oxygen atoms in total. The van der Waals surface area contributed by atoms with E-state index in [0.717, 1.165) is 16.8 Å². The molecule has 1 aromatic heterocycles. The molecule has 1 aliphatic heterocycles. The van der Waals surface area contributed by atoms with Crippen LogP contribution >= 0.6 is 0 Å². The molecule has 0 amide bonds. The van der Waals surface area contributed by atoms with Crippen LogP contribution in [0.3, 0.4) is 0 Å². The van der Waals surface area contributed by atoms with E-state index in [2.05, 4.69) is 11.8 Å². The molecule has 0 saturated carbocycles. The minimum absolute atomic E-state index is 0.180. The van der Waals surface area contributed by atoms with E-state index in [-0.39, 0.29) is 23.4 Å². The molecule has 0 radical (unpaired) electrons. The summed E-state index contributed by atoms with van der Waals surface area (Å²) in [5.74, 6) is 0. The van der Waals surface area contributed by atoms with Crippen molar-refractivity contribution < 1.29 is 4.74 Å². The molecular formula is C13H21N3O3. The second-order valence-electron chi connectivity index (χ2n) is 5.30. The number of morpholine rings is 1. The zero-order valence-electron chi connectivity index (χ0n) is 11.9. The van der Waals surface area contributed by atoms with Crippen LogP contribution in [0.4, 0.5) is 0 Å². The second-order valence-corrected chi connectivity index (χ2v) is 5.30. The molecule has 1 fully saturated rings. The van der Waals surface area contributed by atoms with Crippen LogP contribution in [0.25, 0.3) is 0 Å². The monoisotopic (exact) mass is 267 g/mol. The lowest BCUT2D eigenvalue weighted by Gasteiger charge is -2.36. The summed E-state index contributed by atoms with van der Waals surface area (Å²) >= 11 is 0. The Morgan fingerprint density at radius 1 is 1.26 bits per heavy atom. The highest BCUT2D eigenvalue weighted by Gasteiger charge is 2.24. The molecule has 6 heteroatoms. The van der Waals surface area contributed by atoms with Crippen LogP contribution in [-0.4, -0.2) is 39.3 Å². The lowest BCUT2D eigenvalue weighted by molar-refractivity contribution is -0.0534. The minimum Gasteiger partial charge on any atom is -0.376 e. The van der Waals surface area contributed by atoms with E-state index in [0.29, 0.717) is 13.2 Å². The molecule has 19 heavy (non-hydrogen) atoms. The minimum atomic E-state index is -0.281. The highest BCUT2D eigenvalue weighted by Crippen LogP contribution is 2.13. The van der Waals surface area contributed by atoms with Gasteiger partial charge >= 0.3 is 5.69 Å². The predicted molar refractivity (Wildman–Crippen MR) is 72.2 cm³/mol. The van der Waals surface area contributed by atoms with Crippen molar-refractivity contribution in [3.8, 4) is 0 Å². The summed E-state index contributed by atoms with van der Waals surface area (Å²) in [5, 5.41) is 0. The van der Waals surface area contributed by atoms with E-state index >= 15 is 0 Å². The number of ether oxygens (including phenoxy) is 1. The predicted octanol–water partition coefficient (Wildman–Crippen LogP) is -0.307. The highest BCUT2D eigenvalue weighted by molar-refractivity contribution is 5.03. The van der Waals surface area contributed by atoms with Gasteiger partial charge in [0.1, 0.15) is 0 Å². The summed E-state index contributed by atoms with van der Waals surface area (Å²) in [5.41, 5.74) is 0.206. The standard InChI is InChI=1S/C13H21N3O3/c1-9-8-19-10(2)6-16(9)7-11-5-12(17)15(4)13(18)14(11)3/h5,9-10H,6-8H2,1-4H3/t9-,10-/m0/s1. The van der Waals surface area contributed by atoms with Gasteiger partial charge in [-0.15, -0.1) is 0 Å². The first-order chi connectivity index (χ1) is 8.90. The normalized spacial score (nSPS) is 24.6. The fraction of sp³-hybridized carbons (Fsp3) is 0.692. The Bertz CT molecular complexity index is 575. The van der Waals surface area contributed by atoms with Crippen molar-refractivity contribution >= 4 is 0 Å². The molecule has 0 N–H and O–H groups in total. The van der Waals surface area contributed by atoms with Gasteiger partial charge in [0, 0.05) is 45.0 Å². The van der Waals surface area contributed by atoms with Gasteiger partial charge in [-0.1, -0.05) is 0 Å². The van der Waals surface area contributed by atoms with Crippen LogP contribution in [0, 0.1) is 0 Å². The first-order valence-electron chi connectivity index (χ1n) is 6.51. The Morgan fingerprint density at radius 3 is 2.63 bits per heavy atom. The average Bonchev–Trinajstić information content (AvgIpc) is 2.37. The van der Waals surface area contributed by atoms with Gasteiger partial charge in [-0.3, -0.25) is 18.8 Å². The van der Waals surface area contributed by atoms with Crippen LogP contribution in [-0.2, 0) is 25.4 Å². The number of rotatable bonds is 2. The fourth-order valence-corrected chi connectivity index (χ4v) is 2.33. The lowest BCUT2D eigenvalue weighted by Crippen LogP contribution is -2.48. The maximum absolute atomic E-state index is 11.9. The Hall–Kier alpha value is -1.40. The summed E-state index contributed by atoms with van der Waals surface area (Å²) in [7, 11) is 3.19. The van der Waals surface area contributed by atoms with Gasteiger partial charge in [0.05, 0.1) is 12.7 Å². The Balaban J connectivity index is 2.29. The van der Waals surface area contributed by atoms with Crippen LogP contribution in [0.15, 0.2) is 15.7 Å². The summed E-state index contributed by atoms with van der Waals surface area (Å²) in [6.07, 6.45) is 0.180. The van der Waals surface area contributed by atoms with Crippen molar-refractivity contribution in [2.45, 2.75) is 32.5 Å². The highest BCUT2D eigenvalue weighted by atomic mass is 16.5. The number of nitrogens with zero attached hydrogens (tertiary/aromatic N) is 3. The van der Waals surface area contributed by atoms with Gasteiger partial charge in [0.2, 0.25) is 0 Å². The van der Waals surface area contributed by atoms with E-state index in [1.165, 1.54) is 17.7 Å². The number of hydrogen-bond donors (Lipinski definition) is 0. The summed E-state index contributed by atoms with van der Waals surface area (Å²) in [4.78, 5) is 25.8. The first kappa shape index (κ1) is 14.0. The summed E-state index contributed by atoms with van der Waals surface area (Å²) in [6.45, 7) is 6.20. The molecule has 2 heterocycles. The summed E-state index contributed by atoms with van der Waals surface area (Å²) < 4.78 is 8.23. The molecule has 0 bridgehead atoms. The van der Waals surface area contributed by atoms with Gasteiger partial charge in [0.15, 0.2) is 0 Å². The molecule has 0 unspecified atom stereocenters. The van der Waals surface area contributed by atoms with Gasteiger partial charge in [-0.2, -0.15) is 0 Å². The van der Waals surface area contributed by atoms with Gasteiger partial charge in [0.25, 0.3) is 5.56 Å². The maximum atomic E-state index is 11.9. The van der Waals surface area contributed by atoms with Crippen LogP contribution in [0.2, 0.25) is 0 Å². The lowest BCUT2D eigenvalue weighted by atomic mass is 10.2. The van der Waals surface area contributed by atoms with Crippen LogP contribution < -0.4 is 11.2 Å². The molecule has 0 spiro atoms. The first-order valence-corrected chi connectivity index (χ1v) is 6.51. The zero-order valence-corrected chi connectivity index (χ0v) is 11.9. The Labute approximate surface area is 112 Å². The molecular weight excluding hydrogens is 246 g/mol. The average molecular weight is 267 g/mol. The van der Waals surface area contributed by atoms with Crippen molar-refractivity contribution in [2.24, 2.45) is 14.1 Å². The third-order valence-electron chi connectivity index (χ3n) is 3.73. The Kier molecular flexibility index (Phi) is 3.91.